The number of nitrogens with zero attached hydrogens (tertiary/aromatic N) is 2. The first-order valence-electron chi connectivity index (χ1n) is 7.19. The van der Waals surface area contributed by atoms with Crippen molar-refractivity contribution in [3.05, 3.63) is 29.6 Å². The summed E-state index contributed by atoms with van der Waals surface area (Å²) in [5.41, 5.74) is 7.24. The smallest absolute Gasteiger partial charge is 0.141 e. The predicted octanol–water partition coefficient (Wildman–Crippen LogP) is 2.77. The van der Waals surface area contributed by atoms with Crippen LogP contribution in [0.3, 0.4) is 0 Å². The van der Waals surface area contributed by atoms with Crippen molar-refractivity contribution >= 4 is 5.84 Å². The van der Waals surface area contributed by atoms with Crippen molar-refractivity contribution in [3.8, 4) is 0 Å². The van der Waals surface area contributed by atoms with Crippen molar-refractivity contribution in [2.75, 3.05) is 13.1 Å². The van der Waals surface area contributed by atoms with E-state index in [1.807, 2.05) is 12.1 Å². The predicted molar refractivity (Wildman–Crippen MR) is 80.3 cm³/mol. The second kappa shape index (κ2) is 8.64. The molecule has 0 aromatic carbocycles. The fourth-order valence-electron chi connectivity index (χ4n) is 2.01. The van der Waals surface area contributed by atoms with Crippen LogP contribution in [-0.2, 0) is 6.54 Å². The third kappa shape index (κ3) is 5.83. The van der Waals surface area contributed by atoms with Crippen LogP contribution < -0.4 is 5.73 Å². The Morgan fingerprint density at radius 3 is 2.42 bits per heavy atom. The number of nitrogens with one attached hydrogen (secondary N) is 1. The van der Waals surface area contributed by atoms with Gasteiger partial charge in [-0.3, -0.25) is 15.3 Å². The molecule has 0 unspecified atom stereocenters. The molecule has 1 heterocycles. The number of rotatable bonds is 9. The summed E-state index contributed by atoms with van der Waals surface area (Å²) in [5, 5.41) is 7.44. The van der Waals surface area contributed by atoms with Crippen LogP contribution in [0, 0.1) is 5.41 Å². The molecule has 4 nitrogen and oxygen atoms in total. The summed E-state index contributed by atoms with van der Waals surface area (Å²) < 4.78 is 0. The van der Waals surface area contributed by atoms with E-state index in [-0.39, 0.29) is 5.84 Å². The zero-order valence-corrected chi connectivity index (χ0v) is 12.2. The number of unbranched alkanes of at least 4 members (excludes halogenated alkanes) is 2. The molecule has 0 amide bonds. The van der Waals surface area contributed by atoms with Crippen LogP contribution in [0.2, 0.25) is 0 Å². The molecule has 0 fully saturated rings. The molecule has 1 rings (SSSR count). The van der Waals surface area contributed by atoms with E-state index < -0.39 is 0 Å². The Labute approximate surface area is 116 Å². The first kappa shape index (κ1) is 15.6. The lowest BCUT2D eigenvalue weighted by Gasteiger charge is -2.22. The summed E-state index contributed by atoms with van der Waals surface area (Å²) >= 11 is 0. The van der Waals surface area contributed by atoms with Gasteiger partial charge in [-0.15, -0.1) is 0 Å². The zero-order valence-electron chi connectivity index (χ0n) is 12.2. The molecule has 0 aliphatic heterocycles. The zero-order chi connectivity index (χ0) is 14.1. The van der Waals surface area contributed by atoms with Gasteiger partial charge >= 0.3 is 0 Å². The maximum atomic E-state index is 7.44. The topological polar surface area (TPSA) is 66.0 Å². The van der Waals surface area contributed by atoms with Crippen molar-refractivity contribution in [2.24, 2.45) is 5.73 Å². The molecule has 0 aliphatic carbocycles. The van der Waals surface area contributed by atoms with E-state index in [1.165, 1.54) is 31.2 Å². The van der Waals surface area contributed by atoms with Crippen LogP contribution in [0.25, 0.3) is 0 Å². The Morgan fingerprint density at radius 2 is 1.89 bits per heavy atom. The maximum Gasteiger partial charge on any atom is 0.141 e. The lowest BCUT2D eigenvalue weighted by Crippen LogP contribution is -2.26. The minimum Gasteiger partial charge on any atom is -0.382 e. The molecule has 106 valence electrons. The highest BCUT2D eigenvalue weighted by molar-refractivity contribution is 5.93. The second-order valence-electron chi connectivity index (χ2n) is 4.95. The highest BCUT2D eigenvalue weighted by atomic mass is 15.1. The number of hydrogen-bond donors (Lipinski definition) is 2. The third-order valence-corrected chi connectivity index (χ3v) is 3.16. The van der Waals surface area contributed by atoms with E-state index in [0.717, 1.165) is 19.6 Å². The number of nitrogen functional groups attached to an aromatic ring is 1. The number of pyridine rings is 1. The van der Waals surface area contributed by atoms with Crippen LogP contribution >= 0.6 is 0 Å². The molecule has 0 spiro atoms. The van der Waals surface area contributed by atoms with Crippen LogP contribution in [-0.4, -0.2) is 28.8 Å². The Kier molecular flexibility index (Phi) is 7.11. The van der Waals surface area contributed by atoms with Gasteiger partial charge in [0.2, 0.25) is 0 Å². The standard InChI is InChI=1S/C15H26N4/c1-3-5-9-19(10-6-4-2)12-13-7-8-18-14(11-13)15(16)17/h7-8,11H,3-6,9-10,12H2,1-2H3,(H3,16,17). The highest BCUT2D eigenvalue weighted by Gasteiger charge is 2.07. The fourth-order valence-corrected chi connectivity index (χ4v) is 2.01. The maximum absolute atomic E-state index is 7.44. The van der Waals surface area contributed by atoms with Gasteiger partial charge in [-0.05, 0) is 43.6 Å². The average molecular weight is 262 g/mol. The Morgan fingerprint density at radius 1 is 1.26 bits per heavy atom. The number of hydrogen-bond acceptors (Lipinski definition) is 3. The van der Waals surface area contributed by atoms with Gasteiger partial charge in [0.1, 0.15) is 11.5 Å². The van der Waals surface area contributed by atoms with Gasteiger partial charge in [-0.25, -0.2) is 0 Å². The summed E-state index contributed by atoms with van der Waals surface area (Å²) in [7, 11) is 0. The molecular formula is C15H26N4. The van der Waals surface area contributed by atoms with E-state index >= 15 is 0 Å². The number of aromatic nitrogens is 1. The monoisotopic (exact) mass is 262 g/mol. The van der Waals surface area contributed by atoms with E-state index in [4.69, 9.17) is 11.1 Å². The van der Waals surface area contributed by atoms with E-state index in [0.29, 0.717) is 5.69 Å². The molecule has 0 aliphatic rings. The van der Waals surface area contributed by atoms with Gasteiger partial charge in [0.05, 0.1) is 0 Å². The summed E-state index contributed by atoms with van der Waals surface area (Å²) in [6, 6.07) is 3.94. The third-order valence-electron chi connectivity index (χ3n) is 3.16. The van der Waals surface area contributed by atoms with Crippen molar-refractivity contribution < 1.29 is 0 Å². The van der Waals surface area contributed by atoms with Crippen LogP contribution in [0.4, 0.5) is 0 Å². The lowest BCUT2D eigenvalue weighted by molar-refractivity contribution is 0.257. The first-order valence-corrected chi connectivity index (χ1v) is 7.19. The summed E-state index contributed by atoms with van der Waals surface area (Å²) in [6.45, 7) is 7.63. The molecule has 0 saturated carbocycles. The molecule has 0 atom stereocenters. The van der Waals surface area contributed by atoms with Crippen LogP contribution in [0.5, 0.6) is 0 Å². The Bertz CT molecular complexity index is 381. The number of nitrogens with two attached hydrogens (primary N) is 1. The van der Waals surface area contributed by atoms with Gasteiger partial charge < -0.3 is 5.73 Å². The largest absolute Gasteiger partial charge is 0.382 e. The molecule has 0 radical (unpaired) electrons. The molecule has 1 aromatic rings. The fraction of sp³-hybridized carbons (Fsp3) is 0.600. The molecule has 0 bridgehead atoms. The quantitative estimate of drug-likeness (QED) is 0.531. The van der Waals surface area contributed by atoms with E-state index in [1.54, 1.807) is 6.20 Å². The average Bonchev–Trinajstić information content (AvgIpc) is 2.42. The molecule has 4 heteroatoms. The Balaban J connectivity index is 2.65. The summed E-state index contributed by atoms with van der Waals surface area (Å²) in [4.78, 5) is 6.58. The van der Waals surface area contributed by atoms with Gasteiger partial charge in [-0.1, -0.05) is 26.7 Å². The highest BCUT2D eigenvalue weighted by Crippen LogP contribution is 2.08. The van der Waals surface area contributed by atoms with E-state index in [9.17, 15) is 0 Å². The van der Waals surface area contributed by atoms with Gasteiger partial charge in [-0.2, -0.15) is 0 Å². The van der Waals surface area contributed by atoms with Crippen LogP contribution in [0.15, 0.2) is 18.3 Å². The molecule has 1 aromatic heterocycles. The SMILES string of the molecule is CCCCN(CCCC)Cc1ccnc(C(=N)N)c1. The van der Waals surface area contributed by atoms with Gasteiger partial charge in [0.15, 0.2) is 0 Å². The minimum absolute atomic E-state index is 0.0375. The van der Waals surface area contributed by atoms with Crippen molar-refractivity contribution in [2.45, 2.75) is 46.1 Å². The summed E-state index contributed by atoms with van der Waals surface area (Å²) in [5.74, 6) is 0.0375. The number of amidine groups is 1. The second-order valence-corrected chi connectivity index (χ2v) is 4.95. The molecular weight excluding hydrogens is 236 g/mol. The van der Waals surface area contributed by atoms with Crippen molar-refractivity contribution in [1.29, 1.82) is 5.41 Å². The molecule has 19 heavy (non-hydrogen) atoms. The lowest BCUT2D eigenvalue weighted by atomic mass is 10.2. The van der Waals surface area contributed by atoms with Gasteiger partial charge in [0.25, 0.3) is 0 Å². The first-order chi connectivity index (χ1) is 9.17. The Hall–Kier alpha value is -1.42. The van der Waals surface area contributed by atoms with Gasteiger partial charge in [0, 0.05) is 12.7 Å². The van der Waals surface area contributed by atoms with Crippen LogP contribution in [0.1, 0.15) is 50.8 Å². The van der Waals surface area contributed by atoms with Crippen molar-refractivity contribution in [3.63, 3.8) is 0 Å². The minimum atomic E-state index is 0.0375. The molecule has 0 saturated heterocycles. The normalized spacial score (nSPS) is 10.9. The molecule has 3 N–H and O–H groups in total. The van der Waals surface area contributed by atoms with Crippen molar-refractivity contribution in [1.82, 2.24) is 9.88 Å². The summed E-state index contributed by atoms with van der Waals surface area (Å²) in [6.07, 6.45) is 6.64. The van der Waals surface area contributed by atoms with E-state index in [2.05, 4.69) is 23.7 Å².